The Labute approximate surface area is 174 Å². The van der Waals surface area contributed by atoms with Crippen LogP contribution < -0.4 is 25.3 Å². The number of amides is 1. The van der Waals surface area contributed by atoms with Gasteiger partial charge in [-0.2, -0.15) is 0 Å². The summed E-state index contributed by atoms with van der Waals surface area (Å²) < 4.78 is 31.3. The second-order valence-corrected chi connectivity index (χ2v) is 6.71. The summed E-state index contributed by atoms with van der Waals surface area (Å²) in [4.78, 5) is 15.1. The van der Waals surface area contributed by atoms with Crippen molar-refractivity contribution in [1.82, 2.24) is 10.3 Å². The maximum atomic E-state index is 14.2. The van der Waals surface area contributed by atoms with Crippen molar-refractivity contribution in [2.45, 2.75) is 13.3 Å². The van der Waals surface area contributed by atoms with Gasteiger partial charge in [-0.15, -0.1) is 0 Å². The average molecular weight is 413 g/mol. The van der Waals surface area contributed by atoms with E-state index in [9.17, 15) is 9.18 Å². The number of fused-ring (bicyclic) bond motifs is 1. The lowest BCUT2D eigenvalue weighted by Crippen LogP contribution is -2.29. The van der Waals surface area contributed by atoms with Gasteiger partial charge in [0.15, 0.2) is 23.1 Å². The highest BCUT2D eigenvalue weighted by atomic mass is 19.1. The molecule has 1 heterocycles. The van der Waals surface area contributed by atoms with E-state index in [0.717, 1.165) is 5.56 Å². The van der Waals surface area contributed by atoms with Crippen molar-refractivity contribution in [3.05, 3.63) is 54.0 Å². The molecule has 3 rings (SSSR count). The van der Waals surface area contributed by atoms with Crippen molar-refractivity contribution < 1.29 is 23.4 Å². The molecule has 158 valence electrons. The van der Waals surface area contributed by atoms with Gasteiger partial charge in [0, 0.05) is 17.6 Å². The lowest BCUT2D eigenvalue weighted by Gasteiger charge is -2.14. The lowest BCUT2D eigenvalue weighted by molar-refractivity contribution is -0.117. The number of nitrogens with one attached hydrogen (secondary N) is 1. The first kappa shape index (κ1) is 21.3. The highest BCUT2D eigenvalue weighted by Gasteiger charge is 2.13. The molecule has 0 unspecified atom stereocenters. The Morgan fingerprint density at radius 1 is 1.13 bits per heavy atom. The predicted octanol–water partition coefficient (Wildman–Crippen LogP) is 3.33. The van der Waals surface area contributed by atoms with Gasteiger partial charge in [-0.1, -0.05) is 6.07 Å². The number of nitrogens with two attached hydrogens (primary N) is 1. The van der Waals surface area contributed by atoms with Crippen molar-refractivity contribution in [2.75, 3.05) is 26.8 Å². The first-order chi connectivity index (χ1) is 14.5. The number of carbonyl (C=O) groups excluding carboxylic acids is 1. The molecule has 0 fully saturated rings. The summed E-state index contributed by atoms with van der Waals surface area (Å²) in [6, 6.07) is 9.98. The molecule has 2 aromatic carbocycles. The van der Waals surface area contributed by atoms with E-state index in [0.29, 0.717) is 47.7 Å². The standard InChI is InChI=1S/C22H24FN3O4/c1-14-4-5-19(16(23)10-14)30-18-6-8-26-17-12-20(28-2)21(11-15(17)18)29-9-3-7-25-13-22(24)27/h4-6,8,10-12,25H,3,7,9,13H2,1-2H3,(H2,24,27). The fourth-order valence-corrected chi connectivity index (χ4v) is 2.89. The average Bonchev–Trinajstić information content (AvgIpc) is 2.72. The van der Waals surface area contributed by atoms with Crippen LogP contribution in [-0.4, -0.2) is 37.7 Å². The summed E-state index contributed by atoms with van der Waals surface area (Å²) in [7, 11) is 1.55. The van der Waals surface area contributed by atoms with E-state index in [1.807, 2.05) is 6.92 Å². The van der Waals surface area contributed by atoms with E-state index in [-0.39, 0.29) is 12.3 Å². The van der Waals surface area contributed by atoms with Crippen molar-refractivity contribution >= 4 is 16.8 Å². The number of methoxy groups -OCH3 is 1. The number of aromatic nitrogens is 1. The molecule has 3 aromatic rings. The SMILES string of the molecule is COc1cc2nccc(Oc3ccc(C)cc3F)c2cc1OCCCNCC(N)=O. The maximum Gasteiger partial charge on any atom is 0.231 e. The normalized spacial score (nSPS) is 10.8. The number of halogens is 1. The van der Waals surface area contributed by atoms with E-state index in [1.54, 1.807) is 43.6 Å². The minimum absolute atomic E-state index is 0.126. The van der Waals surface area contributed by atoms with Crippen LogP contribution in [0.1, 0.15) is 12.0 Å². The highest BCUT2D eigenvalue weighted by Crippen LogP contribution is 2.37. The molecule has 0 aliphatic carbocycles. The number of nitrogens with zero attached hydrogens (tertiary/aromatic N) is 1. The molecule has 0 spiro atoms. The minimum atomic E-state index is -0.437. The van der Waals surface area contributed by atoms with Gasteiger partial charge in [0.1, 0.15) is 5.75 Å². The third-order valence-electron chi connectivity index (χ3n) is 4.35. The Kier molecular flexibility index (Phi) is 7.03. The fraction of sp³-hybridized carbons (Fsp3) is 0.273. The summed E-state index contributed by atoms with van der Waals surface area (Å²) in [5.41, 5.74) is 6.53. The van der Waals surface area contributed by atoms with E-state index in [4.69, 9.17) is 19.9 Å². The predicted molar refractivity (Wildman–Crippen MR) is 112 cm³/mol. The van der Waals surface area contributed by atoms with Crippen LogP contribution in [-0.2, 0) is 4.79 Å². The number of aryl methyl sites for hydroxylation is 1. The van der Waals surface area contributed by atoms with Crippen LogP contribution in [0, 0.1) is 12.7 Å². The number of hydrogen-bond acceptors (Lipinski definition) is 6. The molecule has 7 nitrogen and oxygen atoms in total. The third kappa shape index (κ3) is 5.36. The Bertz CT molecular complexity index is 1040. The third-order valence-corrected chi connectivity index (χ3v) is 4.35. The summed E-state index contributed by atoms with van der Waals surface area (Å²) in [5.74, 6) is 0.789. The first-order valence-electron chi connectivity index (χ1n) is 9.50. The molecule has 0 radical (unpaired) electrons. The quantitative estimate of drug-likeness (QED) is 0.495. The van der Waals surface area contributed by atoms with Crippen LogP contribution >= 0.6 is 0 Å². The van der Waals surface area contributed by atoms with Crippen LogP contribution in [0.5, 0.6) is 23.0 Å². The maximum absolute atomic E-state index is 14.2. The Morgan fingerprint density at radius 3 is 2.70 bits per heavy atom. The van der Waals surface area contributed by atoms with E-state index < -0.39 is 11.7 Å². The zero-order valence-electron chi connectivity index (χ0n) is 16.9. The monoisotopic (exact) mass is 413 g/mol. The molecular weight excluding hydrogens is 389 g/mol. The topological polar surface area (TPSA) is 95.7 Å². The van der Waals surface area contributed by atoms with Crippen LogP contribution in [0.3, 0.4) is 0 Å². The molecule has 0 saturated carbocycles. The minimum Gasteiger partial charge on any atom is -0.493 e. The zero-order valence-corrected chi connectivity index (χ0v) is 16.9. The summed E-state index contributed by atoms with van der Waals surface area (Å²) in [6.45, 7) is 2.92. The molecule has 0 aliphatic heterocycles. The van der Waals surface area contributed by atoms with Crippen LogP contribution in [0.15, 0.2) is 42.6 Å². The molecule has 3 N–H and O–H groups in total. The van der Waals surface area contributed by atoms with Crippen molar-refractivity contribution in [3.63, 3.8) is 0 Å². The second-order valence-electron chi connectivity index (χ2n) is 6.71. The first-order valence-corrected chi connectivity index (χ1v) is 9.50. The molecule has 0 atom stereocenters. The Morgan fingerprint density at radius 2 is 1.97 bits per heavy atom. The highest BCUT2D eigenvalue weighted by molar-refractivity contribution is 5.88. The molecule has 30 heavy (non-hydrogen) atoms. The summed E-state index contributed by atoms with van der Waals surface area (Å²) >= 11 is 0. The number of carbonyl (C=O) groups is 1. The number of pyridine rings is 1. The number of benzene rings is 2. The number of rotatable bonds is 10. The molecule has 0 bridgehead atoms. The smallest absolute Gasteiger partial charge is 0.231 e. The number of hydrogen-bond donors (Lipinski definition) is 2. The molecule has 8 heteroatoms. The molecular formula is C22H24FN3O4. The van der Waals surface area contributed by atoms with E-state index in [1.165, 1.54) is 6.07 Å². The van der Waals surface area contributed by atoms with E-state index >= 15 is 0 Å². The molecule has 1 aromatic heterocycles. The van der Waals surface area contributed by atoms with Gasteiger partial charge in [-0.3, -0.25) is 9.78 Å². The largest absolute Gasteiger partial charge is 0.493 e. The van der Waals surface area contributed by atoms with Crippen LogP contribution in [0.2, 0.25) is 0 Å². The van der Waals surface area contributed by atoms with Gasteiger partial charge in [0.25, 0.3) is 0 Å². The van der Waals surface area contributed by atoms with Crippen LogP contribution in [0.4, 0.5) is 4.39 Å². The Hall–Kier alpha value is -3.39. The van der Waals surface area contributed by atoms with Crippen molar-refractivity contribution in [3.8, 4) is 23.0 Å². The van der Waals surface area contributed by atoms with Crippen molar-refractivity contribution in [1.29, 1.82) is 0 Å². The number of ether oxygens (including phenoxy) is 3. The number of primary amides is 1. The van der Waals surface area contributed by atoms with E-state index in [2.05, 4.69) is 10.3 Å². The zero-order chi connectivity index (χ0) is 21.5. The van der Waals surface area contributed by atoms with Crippen molar-refractivity contribution in [2.24, 2.45) is 5.73 Å². The summed E-state index contributed by atoms with van der Waals surface area (Å²) in [5, 5.41) is 3.59. The van der Waals surface area contributed by atoms with Gasteiger partial charge in [0.2, 0.25) is 5.91 Å². The fourth-order valence-electron chi connectivity index (χ4n) is 2.89. The molecule has 0 saturated heterocycles. The summed E-state index contributed by atoms with van der Waals surface area (Å²) in [6.07, 6.45) is 2.26. The van der Waals surface area contributed by atoms with Crippen LogP contribution in [0.25, 0.3) is 10.9 Å². The van der Waals surface area contributed by atoms with Gasteiger partial charge in [-0.05, 0) is 49.7 Å². The lowest BCUT2D eigenvalue weighted by atomic mass is 10.1. The van der Waals surface area contributed by atoms with Gasteiger partial charge in [-0.25, -0.2) is 4.39 Å². The van der Waals surface area contributed by atoms with Gasteiger partial charge in [0.05, 0.1) is 25.8 Å². The second kappa shape index (κ2) is 9.89. The van der Waals surface area contributed by atoms with Gasteiger partial charge >= 0.3 is 0 Å². The molecule has 1 amide bonds. The Balaban J connectivity index is 1.80. The van der Waals surface area contributed by atoms with Gasteiger partial charge < -0.3 is 25.3 Å². The molecule has 0 aliphatic rings.